The molecule has 0 spiro atoms. The lowest BCUT2D eigenvalue weighted by Gasteiger charge is -2.01. The summed E-state index contributed by atoms with van der Waals surface area (Å²) in [4.78, 5) is 4.17. The Hall–Kier alpha value is -0.570. The van der Waals surface area contributed by atoms with Crippen LogP contribution in [0.1, 0.15) is 0 Å². The van der Waals surface area contributed by atoms with Gasteiger partial charge in [0.05, 0.1) is 19.1 Å². The fourth-order valence-corrected chi connectivity index (χ4v) is 5.73. The summed E-state index contributed by atoms with van der Waals surface area (Å²) in [7, 11) is -3.72. The Morgan fingerprint density at radius 3 is 2.33 bits per heavy atom. The van der Waals surface area contributed by atoms with E-state index in [4.69, 9.17) is 34.8 Å². The van der Waals surface area contributed by atoms with E-state index in [9.17, 15) is 8.42 Å². The number of nitrogens with one attached hydrogen (secondary N) is 1. The molecule has 110 valence electrons. The predicted molar refractivity (Wildman–Crippen MR) is 89.8 cm³/mol. The van der Waals surface area contributed by atoms with Crippen molar-refractivity contribution in [2.75, 3.05) is 4.72 Å². The van der Waals surface area contributed by atoms with E-state index >= 15 is 0 Å². The van der Waals surface area contributed by atoms with E-state index in [1.165, 1.54) is 12.1 Å². The van der Waals surface area contributed by atoms with Crippen LogP contribution in [0.5, 0.6) is 0 Å². The second-order valence-electron chi connectivity index (χ2n) is 3.89. The van der Waals surface area contributed by atoms with Gasteiger partial charge in [-0.05, 0) is 24.3 Å². The Balaban J connectivity index is 2.02. The van der Waals surface area contributed by atoms with E-state index in [1.807, 2.05) is 0 Å². The fraction of sp³-hybridized carbons (Fsp3) is 0. The molecular weight excluding hydrogens is 395 g/mol. The number of thiophene rings is 1. The highest BCUT2D eigenvalue weighted by atomic mass is 35.5. The van der Waals surface area contributed by atoms with Crippen molar-refractivity contribution in [2.45, 2.75) is 4.21 Å². The molecule has 0 bridgehead atoms. The summed E-state index contributed by atoms with van der Waals surface area (Å²) in [6, 6.07) is 6.21. The third-order valence-corrected chi connectivity index (χ3v) is 7.41. The molecule has 3 rings (SSSR count). The summed E-state index contributed by atoms with van der Waals surface area (Å²) < 4.78 is 28.0. The number of fused-ring (bicyclic) bond motifs is 1. The van der Waals surface area contributed by atoms with Crippen molar-refractivity contribution in [3.63, 3.8) is 0 Å². The molecule has 0 aliphatic carbocycles. The van der Waals surface area contributed by atoms with E-state index in [0.29, 0.717) is 24.6 Å². The van der Waals surface area contributed by atoms with E-state index in [1.54, 1.807) is 12.1 Å². The van der Waals surface area contributed by atoms with Crippen LogP contribution in [0.4, 0.5) is 5.13 Å². The first-order chi connectivity index (χ1) is 9.87. The van der Waals surface area contributed by atoms with Crippen molar-refractivity contribution in [3.8, 4) is 0 Å². The maximum Gasteiger partial charge on any atom is 0.273 e. The Kier molecular flexibility index (Phi) is 4.06. The van der Waals surface area contributed by atoms with Gasteiger partial charge in [0.25, 0.3) is 10.0 Å². The van der Waals surface area contributed by atoms with Gasteiger partial charge in [-0.15, -0.1) is 11.3 Å². The van der Waals surface area contributed by atoms with Gasteiger partial charge in [0, 0.05) is 0 Å². The van der Waals surface area contributed by atoms with Crippen molar-refractivity contribution < 1.29 is 8.42 Å². The molecule has 0 radical (unpaired) electrons. The maximum absolute atomic E-state index is 12.2. The van der Waals surface area contributed by atoms with Crippen LogP contribution in [0.25, 0.3) is 10.2 Å². The number of halogens is 3. The van der Waals surface area contributed by atoms with Crippen molar-refractivity contribution >= 4 is 82.8 Å². The molecule has 0 saturated carbocycles. The Morgan fingerprint density at radius 1 is 1.00 bits per heavy atom. The van der Waals surface area contributed by atoms with Crippen LogP contribution in [0.2, 0.25) is 14.4 Å². The molecule has 2 heterocycles. The van der Waals surface area contributed by atoms with Crippen LogP contribution in [-0.4, -0.2) is 13.4 Å². The number of hydrogen-bond donors (Lipinski definition) is 1. The van der Waals surface area contributed by atoms with E-state index in [0.717, 1.165) is 22.7 Å². The van der Waals surface area contributed by atoms with Gasteiger partial charge < -0.3 is 0 Å². The molecule has 0 amide bonds. The highest BCUT2D eigenvalue weighted by Gasteiger charge is 2.20. The summed E-state index contributed by atoms with van der Waals surface area (Å²) >= 11 is 19.9. The first-order valence-electron chi connectivity index (χ1n) is 5.39. The quantitative estimate of drug-likeness (QED) is 0.665. The first-order valence-corrected chi connectivity index (χ1v) is 9.64. The van der Waals surface area contributed by atoms with E-state index in [2.05, 4.69) is 9.71 Å². The molecule has 0 saturated heterocycles. The van der Waals surface area contributed by atoms with Gasteiger partial charge in [0.1, 0.15) is 9.73 Å². The molecule has 0 aliphatic rings. The van der Waals surface area contributed by atoms with Crippen molar-refractivity contribution in [1.82, 2.24) is 4.98 Å². The van der Waals surface area contributed by atoms with Crippen molar-refractivity contribution in [2.24, 2.45) is 0 Å². The van der Waals surface area contributed by atoms with Crippen molar-refractivity contribution in [3.05, 3.63) is 38.6 Å². The highest BCUT2D eigenvalue weighted by Crippen LogP contribution is 2.37. The lowest BCUT2D eigenvalue weighted by molar-refractivity contribution is 0.603. The number of anilines is 1. The number of thiazole rings is 1. The second kappa shape index (κ2) is 5.57. The molecule has 4 nitrogen and oxygen atoms in total. The molecule has 0 aliphatic heterocycles. The van der Waals surface area contributed by atoms with Crippen LogP contribution in [0.3, 0.4) is 0 Å². The third kappa shape index (κ3) is 2.99. The fourth-order valence-electron chi connectivity index (χ4n) is 1.60. The molecule has 1 aromatic carbocycles. The van der Waals surface area contributed by atoms with E-state index < -0.39 is 10.0 Å². The second-order valence-corrected chi connectivity index (χ2v) is 9.33. The molecule has 21 heavy (non-hydrogen) atoms. The van der Waals surface area contributed by atoms with Crippen LogP contribution < -0.4 is 4.72 Å². The SMILES string of the molecule is O=S(=O)(Nc1nc2c(Cl)ccc(Cl)c2s1)c1ccc(Cl)s1. The summed E-state index contributed by atoms with van der Waals surface area (Å²) in [5.41, 5.74) is 0.469. The normalized spacial score (nSPS) is 12.0. The summed E-state index contributed by atoms with van der Waals surface area (Å²) in [5, 5.41) is 1.08. The number of benzene rings is 1. The Morgan fingerprint density at radius 2 is 1.71 bits per heavy atom. The minimum atomic E-state index is -3.72. The summed E-state index contributed by atoms with van der Waals surface area (Å²) in [5.74, 6) is 0. The van der Waals surface area contributed by atoms with Gasteiger partial charge in [-0.2, -0.15) is 0 Å². The zero-order chi connectivity index (χ0) is 15.2. The Labute approximate surface area is 143 Å². The van der Waals surface area contributed by atoms with Gasteiger partial charge in [-0.25, -0.2) is 13.4 Å². The molecular formula is C11H5Cl3N2O2S3. The molecule has 10 heteroatoms. The van der Waals surface area contributed by atoms with Gasteiger partial charge in [0.15, 0.2) is 5.13 Å². The average Bonchev–Trinajstić information content (AvgIpc) is 3.01. The molecule has 0 unspecified atom stereocenters. The molecule has 3 aromatic rings. The van der Waals surface area contributed by atoms with E-state index in [-0.39, 0.29) is 9.34 Å². The monoisotopic (exact) mass is 398 g/mol. The van der Waals surface area contributed by atoms with Crippen molar-refractivity contribution in [1.29, 1.82) is 0 Å². The molecule has 2 aromatic heterocycles. The first kappa shape index (κ1) is 15.3. The molecule has 0 fully saturated rings. The maximum atomic E-state index is 12.2. The van der Waals surface area contributed by atoms with Crippen LogP contribution in [0, 0.1) is 0 Å². The zero-order valence-electron chi connectivity index (χ0n) is 9.93. The van der Waals surface area contributed by atoms with Crippen LogP contribution in [0.15, 0.2) is 28.5 Å². The minimum Gasteiger partial charge on any atom is -0.254 e. The van der Waals surface area contributed by atoms with Gasteiger partial charge >= 0.3 is 0 Å². The summed E-state index contributed by atoms with van der Waals surface area (Å²) in [6.07, 6.45) is 0. The number of nitrogens with zero attached hydrogens (tertiary/aromatic N) is 1. The number of sulfonamides is 1. The summed E-state index contributed by atoms with van der Waals surface area (Å²) in [6.45, 7) is 0. The topological polar surface area (TPSA) is 59.1 Å². The number of rotatable bonds is 3. The highest BCUT2D eigenvalue weighted by molar-refractivity contribution is 7.95. The lowest BCUT2D eigenvalue weighted by Crippen LogP contribution is -2.10. The largest absolute Gasteiger partial charge is 0.273 e. The number of hydrogen-bond acceptors (Lipinski definition) is 5. The predicted octanol–water partition coefficient (Wildman–Crippen LogP) is 5.12. The van der Waals surface area contributed by atoms with Crippen LogP contribution >= 0.6 is 57.5 Å². The molecule has 1 N–H and O–H groups in total. The minimum absolute atomic E-state index is 0.115. The van der Waals surface area contributed by atoms with Gasteiger partial charge in [-0.1, -0.05) is 46.1 Å². The number of aromatic nitrogens is 1. The molecule has 0 atom stereocenters. The van der Waals surface area contributed by atoms with Gasteiger partial charge in [0.2, 0.25) is 0 Å². The van der Waals surface area contributed by atoms with Gasteiger partial charge in [-0.3, -0.25) is 4.72 Å². The lowest BCUT2D eigenvalue weighted by atomic mass is 10.3. The smallest absolute Gasteiger partial charge is 0.254 e. The average molecular weight is 400 g/mol. The Bertz CT molecular complexity index is 894. The third-order valence-electron chi connectivity index (χ3n) is 2.48. The van der Waals surface area contributed by atoms with Crippen LogP contribution in [-0.2, 0) is 10.0 Å². The zero-order valence-corrected chi connectivity index (χ0v) is 14.6. The standard InChI is InChI=1S/C11H5Cl3N2O2S3/c12-5-1-2-6(13)10-9(5)15-11(20-10)16-21(17,18)8-4-3-7(14)19-8/h1-4H,(H,15,16).